The summed E-state index contributed by atoms with van der Waals surface area (Å²) in [6.07, 6.45) is 19.1. The van der Waals surface area contributed by atoms with Gasteiger partial charge in [-0.05, 0) is 33.1 Å². The first-order valence-corrected chi connectivity index (χ1v) is 14.0. The molecule has 0 aromatic carbocycles. The predicted octanol–water partition coefficient (Wildman–Crippen LogP) is 7.49. The standard InChI is InChI=1S/C28H53NO5/c1-4-5-6-7-8-10-13-16-19-22-28(27(33)34,26(32)29-24(2)3)23-20-17-14-11-9-12-15-18-21-25(30)31/h24H,4-23H2,1-3H3,(H,29,32)(H,30,31)(H,33,34)/t28-/m0/s1. The SMILES string of the molecule is CCCCCCCCCCC[C@@](CCCCCCCCCCC(=O)O)(C(=O)O)C(=O)NC(C)C. The molecule has 0 aliphatic carbocycles. The van der Waals surface area contributed by atoms with Crippen molar-refractivity contribution in [2.45, 2.75) is 155 Å². The van der Waals surface area contributed by atoms with Gasteiger partial charge < -0.3 is 15.5 Å². The summed E-state index contributed by atoms with van der Waals surface area (Å²) < 4.78 is 0. The molecular weight excluding hydrogens is 430 g/mol. The smallest absolute Gasteiger partial charge is 0.319 e. The maximum Gasteiger partial charge on any atom is 0.319 e. The number of rotatable bonds is 24. The van der Waals surface area contributed by atoms with E-state index in [4.69, 9.17) is 5.11 Å². The summed E-state index contributed by atoms with van der Waals surface area (Å²) in [7, 11) is 0. The van der Waals surface area contributed by atoms with E-state index in [1.165, 1.54) is 38.5 Å². The Bertz CT molecular complexity index is 549. The fraction of sp³-hybridized carbons (Fsp3) is 0.893. The van der Waals surface area contributed by atoms with Crippen molar-refractivity contribution in [3.63, 3.8) is 0 Å². The Morgan fingerprint density at radius 3 is 1.38 bits per heavy atom. The molecule has 6 heteroatoms. The van der Waals surface area contributed by atoms with Crippen LogP contribution in [0.3, 0.4) is 0 Å². The molecule has 3 N–H and O–H groups in total. The zero-order valence-corrected chi connectivity index (χ0v) is 22.3. The fourth-order valence-electron chi connectivity index (χ4n) is 4.56. The molecule has 0 saturated heterocycles. The van der Waals surface area contributed by atoms with Gasteiger partial charge in [0.1, 0.15) is 5.41 Å². The normalized spacial score (nSPS) is 13.1. The van der Waals surface area contributed by atoms with Gasteiger partial charge in [-0.2, -0.15) is 0 Å². The molecule has 0 spiro atoms. The second kappa shape index (κ2) is 20.8. The molecule has 0 aromatic heterocycles. The average molecular weight is 484 g/mol. The maximum absolute atomic E-state index is 13.0. The first kappa shape index (κ1) is 32.4. The van der Waals surface area contributed by atoms with E-state index in [1.54, 1.807) is 0 Å². The van der Waals surface area contributed by atoms with Crippen LogP contribution in [0.15, 0.2) is 0 Å². The molecule has 34 heavy (non-hydrogen) atoms. The van der Waals surface area contributed by atoms with Crippen molar-refractivity contribution in [3.05, 3.63) is 0 Å². The number of nitrogens with one attached hydrogen (secondary N) is 1. The lowest BCUT2D eigenvalue weighted by atomic mass is 9.76. The molecule has 0 radical (unpaired) electrons. The summed E-state index contributed by atoms with van der Waals surface area (Å²) in [5.74, 6) is -2.04. The Balaban J connectivity index is 4.44. The number of unbranched alkanes of at least 4 members (excludes halogenated alkanes) is 15. The number of hydrogen-bond donors (Lipinski definition) is 3. The minimum Gasteiger partial charge on any atom is -0.481 e. The van der Waals surface area contributed by atoms with Gasteiger partial charge in [-0.25, -0.2) is 0 Å². The first-order chi connectivity index (χ1) is 16.3. The molecule has 0 aliphatic rings. The highest BCUT2D eigenvalue weighted by Crippen LogP contribution is 2.33. The summed E-state index contributed by atoms with van der Waals surface area (Å²) in [6, 6.07) is -0.0736. The third-order valence-corrected chi connectivity index (χ3v) is 6.72. The van der Waals surface area contributed by atoms with Gasteiger partial charge in [0.25, 0.3) is 0 Å². The second-order valence-corrected chi connectivity index (χ2v) is 10.3. The molecule has 0 aliphatic heterocycles. The number of hydrogen-bond acceptors (Lipinski definition) is 3. The van der Waals surface area contributed by atoms with E-state index >= 15 is 0 Å². The number of aliphatic carboxylic acids is 2. The second-order valence-electron chi connectivity index (χ2n) is 10.3. The lowest BCUT2D eigenvalue weighted by Crippen LogP contribution is -2.48. The summed E-state index contributed by atoms with van der Waals surface area (Å²) in [6.45, 7) is 5.97. The molecule has 0 rings (SSSR count). The van der Waals surface area contributed by atoms with Crippen molar-refractivity contribution in [2.24, 2.45) is 5.41 Å². The highest BCUT2D eigenvalue weighted by molar-refractivity contribution is 6.02. The molecule has 200 valence electrons. The van der Waals surface area contributed by atoms with E-state index in [-0.39, 0.29) is 18.4 Å². The van der Waals surface area contributed by atoms with Gasteiger partial charge >= 0.3 is 11.9 Å². The van der Waals surface area contributed by atoms with Gasteiger partial charge in [0.05, 0.1) is 0 Å². The zero-order chi connectivity index (χ0) is 25.7. The third kappa shape index (κ3) is 16.1. The number of carboxylic acids is 2. The van der Waals surface area contributed by atoms with Crippen molar-refractivity contribution in [1.29, 1.82) is 0 Å². The molecule has 0 saturated carbocycles. The van der Waals surface area contributed by atoms with E-state index in [9.17, 15) is 19.5 Å². The van der Waals surface area contributed by atoms with E-state index in [0.717, 1.165) is 70.6 Å². The number of carbonyl (C=O) groups excluding carboxylic acids is 1. The van der Waals surface area contributed by atoms with E-state index < -0.39 is 17.4 Å². The maximum atomic E-state index is 13.0. The Kier molecular flexibility index (Phi) is 19.8. The van der Waals surface area contributed by atoms with Crippen LogP contribution in [0, 0.1) is 5.41 Å². The van der Waals surface area contributed by atoms with Crippen LogP contribution in [-0.4, -0.2) is 34.1 Å². The monoisotopic (exact) mass is 483 g/mol. The van der Waals surface area contributed by atoms with E-state index in [0.29, 0.717) is 12.8 Å². The minimum absolute atomic E-state index is 0.0736. The Labute approximate surface area is 208 Å². The number of amides is 1. The number of carbonyl (C=O) groups is 3. The van der Waals surface area contributed by atoms with Gasteiger partial charge in [-0.1, -0.05) is 110 Å². The van der Waals surface area contributed by atoms with E-state index in [1.807, 2.05) is 13.8 Å². The molecule has 0 aromatic rings. The quantitative estimate of drug-likeness (QED) is 0.0974. The molecule has 0 fully saturated rings. The topological polar surface area (TPSA) is 104 Å². The molecule has 6 nitrogen and oxygen atoms in total. The van der Waals surface area contributed by atoms with Crippen molar-refractivity contribution in [2.75, 3.05) is 0 Å². The van der Waals surface area contributed by atoms with E-state index in [2.05, 4.69) is 12.2 Å². The first-order valence-electron chi connectivity index (χ1n) is 14.0. The minimum atomic E-state index is -1.32. The zero-order valence-electron chi connectivity index (χ0n) is 22.3. The van der Waals surface area contributed by atoms with Crippen LogP contribution in [-0.2, 0) is 14.4 Å². The van der Waals surface area contributed by atoms with Gasteiger partial charge in [0, 0.05) is 12.5 Å². The van der Waals surface area contributed by atoms with Crippen LogP contribution in [0.1, 0.15) is 149 Å². The highest BCUT2D eigenvalue weighted by atomic mass is 16.4. The van der Waals surface area contributed by atoms with Crippen molar-refractivity contribution >= 4 is 17.8 Å². The summed E-state index contributed by atoms with van der Waals surface area (Å²) in [4.78, 5) is 35.8. The van der Waals surface area contributed by atoms with Gasteiger partial charge in [-0.15, -0.1) is 0 Å². The number of carboxylic acid groups (broad SMARTS) is 2. The predicted molar refractivity (Wildman–Crippen MR) is 139 cm³/mol. The van der Waals surface area contributed by atoms with Gasteiger partial charge in [-0.3, -0.25) is 14.4 Å². The van der Waals surface area contributed by atoms with Crippen LogP contribution in [0.5, 0.6) is 0 Å². The van der Waals surface area contributed by atoms with Crippen LogP contribution in [0.4, 0.5) is 0 Å². The molecule has 0 bridgehead atoms. The van der Waals surface area contributed by atoms with Gasteiger partial charge in [0.15, 0.2) is 0 Å². The van der Waals surface area contributed by atoms with Gasteiger partial charge in [0.2, 0.25) is 5.91 Å². The average Bonchev–Trinajstić information content (AvgIpc) is 2.76. The Morgan fingerprint density at radius 2 is 1.03 bits per heavy atom. The third-order valence-electron chi connectivity index (χ3n) is 6.72. The lowest BCUT2D eigenvalue weighted by molar-refractivity contribution is -0.157. The molecular formula is C28H53NO5. The fourth-order valence-corrected chi connectivity index (χ4v) is 4.56. The van der Waals surface area contributed by atoms with Crippen LogP contribution in [0.25, 0.3) is 0 Å². The highest BCUT2D eigenvalue weighted by Gasteiger charge is 2.45. The summed E-state index contributed by atoms with van der Waals surface area (Å²) in [5.41, 5.74) is -1.32. The Morgan fingerprint density at radius 1 is 0.647 bits per heavy atom. The van der Waals surface area contributed by atoms with Crippen LogP contribution < -0.4 is 5.32 Å². The Hall–Kier alpha value is -1.59. The summed E-state index contributed by atoms with van der Waals surface area (Å²) >= 11 is 0. The summed E-state index contributed by atoms with van der Waals surface area (Å²) in [5, 5.41) is 21.6. The lowest BCUT2D eigenvalue weighted by Gasteiger charge is -2.29. The van der Waals surface area contributed by atoms with Crippen LogP contribution in [0.2, 0.25) is 0 Å². The molecule has 1 atom stereocenters. The van der Waals surface area contributed by atoms with Crippen molar-refractivity contribution < 1.29 is 24.6 Å². The van der Waals surface area contributed by atoms with Crippen molar-refractivity contribution in [3.8, 4) is 0 Å². The molecule has 0 heterocycles. The molecule has 1 amide bonds. The molecule has 0 unspecified atom stereocenters. The largest absolute Gasteiger partial charge is 0.481 e. The van der Waals surface area contributed by atoms with Crippen molar-refractivity contribution in [1.82, 2.24) is 5.32 Å². The van der Waals surface area contributed by atoms with Crippen LogP contribution >= 0.6 is 0 Å².